The lowest BCUT2D eigenvalue weighted by atomic mass is 10.1. The number of aliphatic hydroxyl groups is 1. The van der Waals surface area contributed by atoms with Gasteiger partial charge in [-0.25, -0.2) is 15.0 Å². The number of aliphatic hydroxyl groups excluding tert-OH is 1. The van der Waals surface area contributed by atoms with E-state index < -0.39 is 6.10 Å². The molecule has 0 spiro atoms. The molecule has 0 bridgehead atoms. The van der Waals surface area contributed by atoms with Gasteiger partial charge in [0.1, 0.15) is 31.1 Å². The Balaban J connectivity index is 1.58. The van der Waals surface area contributed by atoms with Gasteiger partial charge < -0.3 is 34.6 Å². The highest BCUT2D eigenvalue weighted by atomic mass is 32.2. The van der Waals surface area contributed by atoms with E-state index in [1.807, 2.05) is 49.6 Å². The van der Waals surface area contributed by atoms with Gasteiger partial charge in [-0.1, -0.05) is 25.6 Å². The van der Waals surface area contributed by atoms with Crippen molar-refractivity contribution in [2.75, 3.05) is 25.5 Å². The van der Waals surface area contributed by atoms with Crippen LogP contribution in [0.2, 0.25) is 0 Å². The molecule has 1 aromatic carbocycles. The van der Waals surface area contributed by atoms with Crippen LogP contribution in [-0.4, -0.2) is 56.5 Å². The second kappa shape index (κ2) is 9.76. The molecular formula is C24H28N6O4S. The number of benzene rings is 1. The number of anilines is 1. The number of nitrogens with one attached hydrogen (secondary N) is 1. The van der Waals surface area contributed by atoms with Crippen molar-refractivity contribution < 1.29 is 19.0 Å². The van der Waals surface area contributed by atoms with Gasteiger partial charge in [-0.2, -0.15) is 0 Å². The number of hydrogen-bond acceptors (Lipinski definition) is 10. The molecule has 0 aliphatic carbocycles. The van der Waals surface area contributed by atoms with Crippen molar-refractivity contribution in [3.8, 4) is 22.8 Å². The first-order chi connectivity index (χ1) is 16.9. The molecule has 0 radical (unpaired) electrons. The van der Waals surface area contributed by atoms with E-state index in [0.29, 0.717) is 53.3 Å². The second-order valence-corrected chi connectivity index (χ2v) is 9.67. The fraction of sp³-hybridized carbons (Fsp3) is 0.375. The summed E-state index contributed by atoms with van der Waals surface area (Å²) in [6, 6.07) is 7.97. The van der Waals surface area contributed by atoms with Gasteiger partial charge in [-0.15, -0.1) is 0 Å². The van der Waals surface area contributed by atoms with Crippen LogP contribution < -0.4 is 20.5 Å². The standard InChI is InChI=1S/C24H28N6O4S/c1-13(2)26-10-15(31)11-30-23-21(22(25)27-12-28-23)29-24(30)35-20-9-19-18(32-6-7-33-19)8-16(20)17-5-4-14(3)34-17/h4-5,8-9,12-13,15,26,31H,6-7,10-11H2,1-3H3,(H2,25,27,28). The topological polar surface area (TPSA) is 133 Å². The fourth-order valence-electron chi connectivity index (χ4n) is 3.85. The molecule has 1 aliphatic rings. The first-order valence-electron chi connectivity index (χ1n) is 11.5. The Kier molecular flexibility index (Phi) is 6.54. The number of hydrogen-bond donors (Lipinski definition) is 3. The molecule has 1 atom stereocenters. The van der Waals surface area contributed by atoms with Crippen LogP contribution in [0.4, 0.5) is 5.82 Å². The van der Waals surface area contributed by atoms with Crippen LogP contribution in [0.3, 0.4) is 0 Å². The SMILES string of the molecule is Cc1ccc(-c2cc3c(cc2Sc2nc4c(N)ncnc4n2CC(O)CNC(C)C)OCCO3)o1. The van der Waals surface area contributed by atoms with E-state index in [1.165, 1.54) is 18.1 Å². The number of aromatic nitrogens is 4. The second-order valence-electron chi connectivity index (χ2n) is 8.66. The molecule has 5 rings (SSSR count). The van der Waals surface area contributed by atoms with E-state index in [4.69, 9.17) is 24.6 Å². The zero-order valence-electron chi connectivity index (χ0n) is 19.8. The number of rotatable bonds is 8. The number of furan rings is 1. The van der Waals surface area contributed by atoms with Crippen LogP contribution in [0.15, 0.2) is 45.1 Å². The molecule has 11 heteroatoms. The minimum Gasteiger partial charge on any atom is -0.486 e. The first-order valence-corrected chi connectivity index (χ1v) is 12.3. The maximum absolute atomic E-state index is 10.7. The molecule has 184 valence electrons. The number of nitrogens with zero attached hydrogens (tertiary/aromatic N) is 4. The Bertz CT molecular complexity index is 1350. The third kappa shape index (κ3) is 4.93. The molecule has 3 aromatic heterocycles. The van der Waals surface area contributed by atoms with Gasteiger partial charge >= 0.3 is 0 Å². The Hall–Kier alpha value is -3.28. The van der Waals surface area contributed by atoms with Crippen LogP contribution in [0, 0.1) is 6.92 Å². The van der Waals surface area contributed by atoms with Crippen LogP contribution >= 0.6 is 11.8 Å². The molecule has 10 nitrogen and oxygen atoms in total. The van der Waals surface area contributed by atoms with Crippen molar-refractivity contribution in [2.45, 2.75) is 49.5 Å². The predicted octanol–water partition coefficient (Wildman–Crippen LogP) is 3.26. The average Bonchev–Trinajstić information content (AvgIpc) is 3.42. The summed E-state index contributed by atoms with van der Waals surface area (Å²) in [7, 11) is 0. The third-order valence-electron chi connectivity index (χ3n) is 5.53. The van der Waals surface area contributed by atoms with Gasteiger partial charge in [0, 0.05) is 23.0 Å². The Morgan fingerprint density at radius 3 is 2.66 bits per heavy atom. The summed E-state index contributed by atoms with van der Waals surface area (Å²) in [5, 5.41) is 14.6. The number of imidazole rings is 1. The molecule has 4 aromatic rings. The summed E-state index contributed by atoms with van der Waals surface area (Å²) in [5.41, 5.74) is 8.03. The molecule has 0 saturated carbocycles. The van der Waals surface area contributed by atoms with E-state index in [-0.39, 0.29) is 18.4 Å². The van der Waals surface area contributed by atoms with Gasteiger partial charge in [0.05, 0.1) is 12.6 Å². The van der Waals surface area contributed by atoms with Gasteiger partial charge in [-0.05, 0) is 31.2 Å². The molecule has 0 amide bonds. The van der Waals surface area contributed by atoms with Gasteiger partial charge in [0.2, 0.25) is 0 Å². The van der Waals surface area contributed by atoms with Gasteiger partial charge in [-0.3, -0.25) is 0 Å². The largest absolute Gasteiger partial charge is 0.486 e. The number of nitrogens with two attached hydrogens (primary N) is 1. The lowest BCUT2D eigenvalue weighted by molar-refractivity contribution is 0.147. The van der Waals surface area contributed by atoms with E-state index in [9.17, 15) is 5.11 Å². The minimum absolute atomic E-state index is 0.257. The maximum Gasteiger partial charge on any atom is 0.175 e. The Labute approximate surface area is 206 Å². The normalized spacial score (nSPS) is 14.1. The van der Waals surface area contributed by atoms with Crippen molar-refractivity contribution in [3.05, 3.63) is 36.4 Å². The van der Waals surface area contributed by atoms with Gasteiger partial charge in [0.25, 0.3) is 0 Å². The number of aryl methyl sites for hydroxylation is 1. The van der Waals surface area contributed by atoms with E-state index >= 15 is 0 Å². The summed E-state index contributed by atoms with van der Waals surface area (Å²) in [4.78, 5) is 14.1. The fourth-order valence-corrected chi connectivity index (χ4v) is 4.89. The van der Waals surface area contributed by atoms with Crippen LogP contribution in [-0.2, 0) is 6.54 Å². The highest BCUT2D eigenvalue weighted by Crippen LogP contribution is 2.44. The zero-order chi connectivity index (χ0) is 24.5. The summed E-state index contributed by atoms with van der Waals surface area (Å²) in [5.74, 6) is 3.14. The average molecular weight is 497 g/mol. The van der Waals surface area contributed by atoms with Gasteiger partial charge in [0.15, 0.2) is 33.6 Å². The molecule has 4 heterocycles. The molecule has 1 unspecified atom stereocenters. The van der Waals surface area contributed by atoms with Crippen LogP contribution in [0.5, 0.6) is 11.5 Å². The Morgan fingerprint density at radius 2 is 1.94 bits per heavy atom. The van der Waals surface area contributed by atoms with E-state index in [0.717, 1.165) is 16.2 Å². The van der Waals surface area contributed by atoms with Crippen molar-refractivity contribution in [3.63, 3.8) is 0 Å². The lowest BCUT2D eigenvalue weighted by Crippen LogP contribution is -2.34. The quantitative estimate of drug-likeness (QED) is 0.334. The molecule has 35 heavy (non-hydrogen) atoms. The summed E-state index contributed by atoms with van der Waals surface area (Å²) in [6.45, 7) is 7.67. The van der Waals surface area contributed by atoms with Crippen LogP contribution in [0.1, 0.15) is 19.6 Å². The lowest BCUT2D eigenvalue weighted by Gasteiger charge is -2.21. The monoisotopic (exact) mass is 496 g/mol. The Morgan fingerprint density at radius 1 is 1.17 bits per heavy atom. The number of ether oxygens (including phenoxy) is 2. The van der Waals surface area contributed by atoms with E-state index in [2.05, 4.69) is 15.3 Å². The highest BCUT2D eigenvalue weighted by molar-refractivity contribution is 7.99. The van der Waals surface area contributed by atoms with Crippen LogP contribution in [0.25, 0.3) is 22.5 Å². The minimum atomic E-state index is -0.655. The molecular weight excluding hydrogens is 468 g/mol. The molecule has 0 saturated heterocycles. The highest BCUT2D eigenvalue weighted by Gasteiger charge is 2.23. The van der Waals surface area contributed by atoms with Crippen molar-refractivity contribution in [2.24, 2.45) is 0 Å². The first kappa shape index (κ1) is 23.5. The summed E-state index contributed by atoms with van der Waals surface area (Å²) >= 11 is 1.42. The smallest absolute Gasteiger partial charge is 0.175 e. The predicted molar refractivity (Wildman–Crippen MR) is 133 cm³/mol. The third-order valence-corrected chi connectivity index (χ3v) is 6.58. The zero-order valence-corrected chi connectivity index (χ0v) is 20.6. The van der Waals surface area contributed by atoms with Crippen molar-refractivity contribution in [1.29, 1.82) is 0 Å². The van der Waals surface area contributed by atoms with Crippen molar-refractivity contribution >= 4 is 28.7 Å². The molecule has 0 fully saturated rings. The molecule has 1 aliphatic heterocycles. The summed E-state index contributed by atoms with van der Waals surface area (Å²) < 4.78 is 19.5. The number of fused-ring (bicyclic) bond motifs is 2. The summed E-state index contributed by atoms with van der Waals surface area (Å²) in [6.07, 6.45) is 0.752. The van der Waals surface area contributed by atoms with E-state index in [1.54, 1.807) is 0 Å². The maximum atomic E-state index is 10.7. The number of nitrogen functional groups attached to an aromatic ring is 1. The molecule has 4 N–H and O–H groups in total. The van der Waals surface area contributed by atoms with Crippen molar-refractivity contribution in [1.82, 2.24) is 24.8 Å².